The fourth-order valence-electron chi connectivity index (χ4n) is 1.84. The monoisotopic (exact) mass is 248 g/mol. The first-order valence-electron chi connectivity index (χ1n) is 5.56. The van der Waals surface area contributed by atoms with Crippen LogP contribution in [-0.4, -0.2) is 46.0 Å². The van der Waals surface area contributed by atoms with Gasteiger partial charge in [-0.3, -0.25) is 4.79 Å². The lowest BCUT2D eigenvalue weighted by Gasteiger charge is -2.13. The number of nitrogens with one attached hydrogen (secondary N) is 2. The fourth-order valence-corrected chi connectivity index (χ4v) is 2.51. The third kappa shape index (κ3) is 4.49. The molecule has 2 N–H and O–H groups in total. The highest BCUT2D eigenvalue weighted by Crippen LogP contribution is 2.15. The van der Waals surface area contributed by atoms with E-state index in [1.807, 2.05) is 6.92 Å². The Labute approximate surface area is 96.9 Å². The summed E-state index contributed by atoms with van der Waals surface area (Å²) in [5.74, 6) is 0.547. The third-order valence-corrected chi connectivity index (χ3v) is 3.88. The first-order chi connectivity index (χ1) is 7.40. The van der Waals surface area contributed by atoms with Gasteiger partial charge < -0.3 is 10.6 Å². The smallest absolute Gasteiger partial charge is 0.224 e. The molecule has 0 aromatic carbocycles. The van der Waals surface area contributed by atoms with Crippen molar-refractivity contribution in [3.63, 3.8) is 0 Å². The maximum atomic E-state index is 11.7. The number of carbonyl (C=O) groups is 1. The first kappa shape index (κ1) is 13.4. The summed E-state index contributed by atoms with van der Waals surface area (Å²) in [5, 5.41) is 5.95. The molecular formula is C10H20N2O3S. The fraction of sp³-hybridized carbons (Fsp3) is 0.900. The normalized spacial score (nSPS) is 25.6. The summed E-state index contributed by atoms with van der Waals surface area (Å²) in [6.45, 7) is 4.08. The van der Waals surface area contributed by atoms with Crippen LogP contribution in [0, 0.1) is 11.8 Å². The second-order valence-corrected chi connectivity index (χ2v) is 6.78. The van der Waals surface area contributed by atoms with Crippen LogP contribution in [0.4, 0.5) is 0 Å². The molecule has 6 heteroatoms. The van der Waals surface area contributed by atoms with E-state index in [2.05, 4.69) is 10.6 Å². The highest BCUT2D eigenvalue weighted by atomic mass is 32.2. The van der Waals surface area contributed by atoms with Gasteiger partial charge in [-0.25, -0.2) is 8.42 Å². The summed E-state index contributed by atoms with van der Waals surface area (Å²) in [6, 6.07) is 0. The van der Waals surface area contributed by atoms with Gasteiger partial charge >= 0.3 is 0 Å². The lowest BCUT2D eigenvalue weighted by molar-refractivity contribution is -0.125. The number of rotatable bonds is 5. The number of hydrogen-bond donors (Lipinski definition) is 2. The van der Waals surface area contributed by atoms with E-state index in [0.29, 0.717) is 18.9 Å². The van der Waals surface area contributed by atoms with Crippen LogP contribution in [0.2, 0.25) is 0 Å². The molecule has 1 aliphatic rings. The third-order valence-electron chi connectivity index (χ3n) is 2.85. The first-order valence-corrected chi connectivity index (χ1v) is 7.62. The van der Waals surface area contributed by atoms with Gasteiger partial charge in [0.2, 0.25) is 5.91 Å². The minimum atomic E-state index is -2.92. The lowest BCUT2D eigenvalue weighted by atomic mass is 9.97. The molecule has 94 valence electrons. The van der Waals surface area contributed by atoms with Crippen LogP contribution >= 0.6 is 0 Å². The van der Waals surface area contributed by atoms with E-state index >= 15 is 0 Å². The van der Waals surface area contributed by atoms with Gasteiger partial charge in [-0.05, 0) is 18.9 Å². The Morgan fingerprint density at radius 3 is 2.62 bits per heavy atom. The summed E-state index contributed by atoms with van der Waals surface area (Å²) < 4.78 is 21.7. The second kappa shape index (κ2) is 5.63. The summed E-state index contributed by atoms with van der Waals surface area (Å²) >= 11 is 0. The Hall–Kier alpha value is -0.620. The number of sulfone groups is 1. The molecule has 0 spiro atoms. The summed E-state index contributed by atoms with van der Waals surface area (Å²) in [5.41, 5.74) is 0. The maximum absolute atomic E-state index is 11.7. The molecule has 1 heterocycles. The summed E-state index contributed by atoms with van der Waals surface area (Å²) in [7, 11) is -2.92. The van der Waals surface area contributed by atoms with Crippen molar-refractivity contribution >= 4 is 15.7 Å². The van der Waals surface area contributed by atoms with E-state index in [9.17, 15) is 13.2 Å². The van der Waals surface area contributed by atoms with Gasteiger partial charge in [0, 0.05) is 19.3 Å². The van der Waals surface area contributed by atoms with Crippen LogP contribution < -0.4 is 10.6 Å². The van der Waals surface area contributed by atoms with Crippen LogP contribution in [0.3, 0.4) is 0 Å². The number of amides is 1. The maximum Gasteiger partial charge on any atom is 0.224 e. The highest BCUT2D eigenvalue weighted by molar-refractivity contribution is 7.90. The molecule has 1 saturated heterocycles. The van der Waals surface area contributed by atoms with Crippen molar-refractivity contribution in [1.29, 1.82) is 0 Å². The molecule has 16 heavy (non-hydrogen) atoms. The zero-order valence-electron chi connectivity index (χ0n) is 9.82. The van der Waals surface area contributed by atoms with Crippen LogP contribution in [0.25, 0.3) is 0 Å². The molecule has 1 aliphatic heterocycles. The molecule has 5 nitrogen and oxygen atoms in total. The predicted octanol–water partition coefficient (Wildman–Crippen LogP) is -0.607. The minimum Gasteiger partial charge on any atom is -0.356 e. The molecular weight excluding hydrogens is 228 g/mol. The second-order valence-electron chi connectivity index (χ2n) is 4.52. The van der Waals surface area contributed by atoms with Crippen molar-refractivity contribution in [2.45, 2.75) is 13.3 Å². The van der Waals surface area contributed by atoms with Gasteiger partial charge in [-0.2, -0.15) is 0 Å². The Bertz CT molecular complexity index is 340. The van der Waals surface area contributed by atoms with Crippen LogP contribution in [0.15, 0.2) is 0 Å². The van der Waals surface area contributed by atoms with Crippen LogP contribution in [-0.2, 0) is 14.6 Å². The SMILES string of the molecule is C[C@@H]1CNC[C@H]1C(=O)NCCCS(C)(=O)=O. The molecule has 0 unspecified atom stereocenters. The summed E-state index contributed by atoms with van der Waals surface area (Å²) in [6.07, 6.45) is 1.69. The Balaban J connectivity index is 2.20. The van der Waals surface area contributed by atoms with E-state index in [1.165, 1.54) is 6.26 Å². The molecule has 0 radical (unpaired) electrons. The molecule has 0 aliphatic carbocycles. The van der Waals surface area contributed by atoms with Crippen molar-refractivity contribution in [1.82, 2.24) is 10.6 Å². The average Bonchev–Trinajstić information content (AvgIpc) is 2.57. The van der Waals surface area contributed by atoms with Gasteiger partial charge in [-0.15, -0.1) is 0 Å². The molecule has 1 fully saturated rings. The van der Waals surface area contributed by atoms with Gasteiger partial charge in [0.05, 0.1) is 11.7 Å². The highest BCUT2D eigenvalue weighted by Gasteiger charge is 2.28. The van der Waals surface area contributed by atoms with Crippen molar-refractivity contribution in [3.05, 3.63) is 0 Å². The van der Waals surface area contributed by atoms with Crippen molar-refractivity contribution in [2.24, 2.45) is 11.8 Å². The Morgan fingerprint density at radius 2 is 2.12 bits per heavy atom. The van der Waals surface area contributed by atoms with Crippen LogP contribution in [0.5, 0.6) is 0 Å². The van der Waals surface area contributed by atoms with E-state index in [1.54, 1.807) is 0 Å². The molecule has 0 bridgehead atoms. The topological polar surface area (TPSA) is 75.3 Å². The molecule has 2 atom stereocenters. The van der Waals surface area contributed by atoms with Gasteiger partial charge in [0.25, 0.3) is 0 Å². The molecule has 1 rings (SSSR count). The molecule has 0 saturated carbocycles. The standard InChI is InChI=1S/C10H20N2O3S/c1-8-6-11-7-9(8)10(13)12-4-3-5-16(2,14)15/h8-9,11H,3-7H2,1-2H3,(H,12,13)/t8-,9-/m1/s1. The number of carbonyl (C=O) groups excluding carboxylic acids is 1. The van der Waals surface area contributed by atoms with E-state index in [4.69, 9.17) is 0 Å². The van der Waals surface area contributed by atoms with E-state index < -0.39 is 9.84 Å². The number of hydrogen-bond acceptors (Lipinski definition) is 4. The van der Waals surface area contributed by atoms with Crippen molar-refractivity contribution in [3.8, 4) is 0 Å². The van der Waals surface area contributed by atoms with Gasteiger partial charge in [-0.1, -0.05) is 6.92 Å². The molecule has 0 aromatic rings. The average molecular weight is 248 g/mol. The molecule has 1 amide bonds. The zero-order valence-corrected chi connectivity index (χ0v) is 10.6. The quantitative estimate of drug-likeness (QED) is 0.637. The Kier molecular flexibility index (Phi) is 4.73. The van der Waals surface area contributed by atoms with Crippen LogP contribution in [0.1, 0.15) is 13.3 Å². The van der Waals surface area contributed by atoms with E-state index in [0.717, 1.165) is 13.1 Å². The lowest BCUT2D eigenvalue weighted by Crippen LogP contribution is -2.35. The molecule has 0 aromatic heterocycles. The van der Waals surface area contributed by atoms with Gasteiger partial charge in [0.15, 0.2) is 0 Å². The van der Waals surface area contributed by atoms with Crippen molar-refractivity contribution in [2.75, 3.05) is 31.6 Å². The van der Waals surface area contributed by atoms with Crippen molar-refractivity contribution < 1.29 is 13.2 Å². The Morgan fingerprint density at radius 1 is 1.44 bits per heavy atom. The largest absolute Gasteiger partial charge is 0.356 e. The van der Waals surface area contributed by atoms with E-state index in [-0.39, 0.29) is 17.6 Å². The van der Waals surface area contributed by atoms with Gasteiger partial charge in [0.1, 0.15) is 9.84 Å². The minimum absolute atomic E-state index is 0.0261. The zero-order chi connectivity index (χ0) is 12.2. The predicted molar refractivity (Wildman–Crippen MR) is 62.9 cm³/mol. The summed E-state index contributed by atoms with van der Waals surface area (Å²) in [4.78, 5) is 11.7.